The first kappa shape index (κ1) is 18.3. The lowest BCUT2D eigenvalue weighted by Crippen LogP contribution is -2.12. The summed E-state index contributed by atoms with van der Waals surface area (Å²) in [5.74, 6) is -0.269. The van der Waals surface area contributed by atoms with Gasteiger partial charge < -0.3 is 5.32 Å². The highest BCUT2D eigenvalue weighted by molar-refractivity contribution is 9.10. The molecule has 0 aliphatic rings. The number of benzene rings is 3. The molecule has 0 bridgehead atoms. The number of halogens is 3. The van der Waals surface area contributed by atoms with Crippen molar-refractivity contribution in [3.8, 4) is 0 Å². The smallest absolute Gasteiger partial charge is 0.257 e. The molecule has 1 amide bonds. The summed E-state index contributed by atoms with van der Waals surface area (Å²) < 4.78 is 1.05. The fourth-order valence-corrected chi connectivity index (χ4v) is 3.69. The molecule has 0 aliphatic carbocycles. The van der Waals surface area contributed by atoms with Crippen LogP contribution in [0.1, 0.15) is 10.4 Å². The van der Waals surface area contributed by atoms with E-state index in [1.54, 1.807) is 30.0 Å². The summed E-state index contributed by atoms with van der Waals surface area (Å²) >= 11 is 17.0. The second-order valence-corrected chi connectivity index (χ2v) is 8.06. The minimum absolute atomic E-state index is 0.269. The van der Waals surface area contributed by atoms with Crippen molar-refractivity contribution in [3.05, 3.63) is 86.8 Å². The van der Waals surface area contributed by atoms with Crippen LogP contribution in [0, 0.1) is 0 Å². The van der Waals surface area contributed by atoms with E-state index in [2.05, 4.69) is 21.2 Å². The van der Waals surface area contributed by atoms with Gasteiger partial charge in [-0.1, -0.05) is 50.9 Å². The van der Waals surface area contributed by atoms with Crippen LogP contribution in [0.5, 0.6) is 0 Å². The molecule has 0 fully saturated rings. The Bertz CT molecular complexity index is 898. The van der Waals surface area contributed by atoms with Crippen LogP contribution in [-0.2, 0) is 0 Å². The lowest BCUT2D eigenvalue weighted by Gasteiger charge is -2.08. The van der Waals surface area contributed by atoms with Gasteiger partial charge in [0.05, 0.1) is 10.6 Å². The van der Waals surface area contributed by atoms with Crippen molar-refractivity contribution in [1.82, 2.24) is 0 Å². The average molecular weight is 453 g/mol. The van der Waals surface area contributed by atoms with Crippen LogP contribution in [0.3, 0.4) is 0 Å². The number of hydrogen-bond donors (Lipinski definition) is 1. The fourth-order valence-electron chi connectivity index (χ4n) is 2.12. The van der Waals surface area contributed by atoms with Gasteiger partial charge >= 0.3 is 0 Å². The highest BCUT2D eigenvalue weighted by atomic mass is 79.9. The summed E-state index contributed by atoms with van der Waals surface area (Å²) in [5, 5.41) is 3.66. The Kier molecular flexibility index (Phi) is 6.07. The van der Waals surface area contributed by atoms with Crippen molar-refractivity contribution in [3.63, 3.8) is 0 Å². The molecule has 0 saturated heterocycles. The predicted molar refractivity (Wildman–Crippen MR) is 109 cm³/mol. The summed E-state index contributed by atoms with van der Waals surface area (Å²) in [4.78, 5) is 14.5. The lowest BCUT2D eigenvalue weighted by molar-refractivity contribution is 0.102. The first-order chi connectivity index (χ1) is 12.0. The maximum atomic E-state index is 12.3. The van der Waals surface area contributed by atoms with Crippen LogP contribution < -0.4 is 5.32 Å². The Labute approximate surface area is 168 Å². The summed E-state index contributed by atoms with van der Waals surface area (Å²) in [6, 6.07) is 20.6. The van der Waals surface area contributed by atoms with Gasteiger partial charge in [-0.25, -0.2) is 0 Å². The quantitative estimate of drug-likeness (QED) is 0.454. The minimum atomic E-state index is -0.269. The zero-order valence-corrected chi connectivity index (χ0v) is 16.7. The molecule has 0 spiro atoms. The number of rotatable bonds is 4. The Morgan fingerprint density at radius 1 is 0.880 bits per heavy atom. The zero-order chi connectivity index (χ0) is 17.8. The Balaban J connectivity index is 1.67. The third-order valence-electron chi connectivity index (χ3n) is 3.34. The molecule has 126 valence electrons. The molecular formula is C19H12BrCl2NOS. The number of carbonyl (C=O) groups excluding carboxylic acids is 1. The molecule has 0 atom stereocenters. The third kappa shape index (κ3) is 5.02. The molecule has 0 aromatic heterocycles. The molecule has 6 heteroatoms. The van der Waals surface area contributed by atoms with Gasteiger partial charge in [-0.3, -0.25) is 4.79 Å². The molecule has 1 N–H and O–H groups in total. The van der Waals surface area contributed by atoms with Crippen LogP contribution in [0.2, 0.25) is 10.0 Å². The maximum Gasteiger partial charge on any atom is 0.257 e. The van der Waals surface area contributed by atoms with Crippen molar-refractivity contribution in [1.29, 1.82) is 0 Å². The maximum absolute atomic E-state index is 12.3. The van der Waals surface area contributed by atoms with E-state index in [4.69, 9.17) is 23.2 Å². The fraction of sp³-hybridized carbons (Fsp3) is 0. The molecular weight excluding hydrogens is 441 g/mol. The van der Waals surface area contributed by atoms with Gasteiger partial charge in [0.1, 0.15) is 0 Å². The molecule has 0 heterocycles. The van der Waals surface area contributed by atoms with Gasteiger partial charge in [-0.2, -0.15) is 0 Å². The first-order valence-electron chi connectivity index (χ1n) is 7.31. The van der Waals surface area contributed by atoms with E-state index < -0.39 is 0 Å². The number of carbonyl (C=O) groups is 1. The van der Waals surface area contributed by atoms with E-state index in [1.165, 1.54) is 0 Å². The molecule has 0 aliphatic heterocycles. The molecule has 25 heavy (non-hydrogen) atoms. The number of nitrogens with one attached hydrogen (secondary N) is 1. The van der Waals surface area contributed by atoms with E-state index in [1.807, 2.05) is 48.5 Å². The van der Waals surface area contributed by atoms with Gasteiger partial charge in [-0.05, 0) is 66.7 Å². The zero-order valence-electron chi connectivity index (χ0n) is 12.8. The molecule has 3 rings (SSSR count). The summed E-state index contributed by atoms with van der Waals surface area (Å²) in [7, 11) is 0. The summed E-state index contributed by atoms with van der Waals surface area (Å²) in [5.41, 5.74) is 1.09. The molecule has 0 saturated carbocycles. The van der Waals surface area contributed by atoms with Gasteiger partial charge in [0.2, 0.25) is 0 Å². The van der Waals surface area contributed by atoms with Crippen molar-refractivity contribution in [2.24, 2.45) is 0 Å². The highest BCUT2D eigenvalue weighted by Crippen LogP contribution is 2.29. The van der Waals surface area contributed by atoms with Crippen LogP contribution in [0.15, 0.2) is 81.0 Å². The van der Waals surface area contributed by atoms with Gasteiger partial charge in [0, 0.05) is 25.0 Å². The highest BCUT2D eigenvalue weighted by Gasteiger charge is 2.11. The van der Waals surface area contributed by atoms with Gasteiger partial charge in [0.25, 0.3) is 5.91 Å². The standard InChI is InChI=1S/C19H12BrCl2NOS/c20-12-1-6-15(7-2-12)25-16-8-4-14(5-9-16)23-19(24)17-10-3-13(21)11-18(17)22/h1-11H,(H,23,24). The molecule has 3 aromatic carbocycles. The van der Waals surface area contributed by atoms with E-state index in [-0.39, 0.29) is 5.91 Å². The van der Waals surface area contributed by atoms with E-state index in [0.29, 0.717) is 21.3 Å². The van der Waals surface area contributed by atoms with Crippen LogP contribution in [-0.4, -0.2) is 5.91 Å². The van der Waals surface area contributed by atoms with Crippen LogP contribution in [0.4, 0.5) is 5.69 Å². The monoisotopic (exact) mass is 451 g/mol. The van der Waals surface area contributed by atoms with Crippen molar-refractivity contribution in [2.75, 3.05) is 5.32 Å². The first-order valence-corrected chi connectivity index (χ1v) is 9.68. The van der Waals surface area contributed by atoms with Crippen molar-refractivity contribution >= 4 is 62.5 Å². The minimum Gasteiger partial charge on any atom is -0.322 e. The van der Waals surface area contributed by atoms with Crippen LogP contribution >= 0.6 is 50.9 Å². The van der Waals surface area contributed by atoms with Gasteiger partial charge in [-0.15, -0.1) is 0 Å². The SMILES string of the molecule is O=C(Nc1ccc(Sc2ccc(Br)cc2)cc1)c1ccc(Cl)cc1Cl. The normalized spacial score (nSPS) is 10.5. The van der Waals surface area contributed by atoms with E-state index >= 15 is 0 Å². The van der Waals surface area contributed by atoms with Gasteiger partial charge in [0.15, 0.2) is 0 Å². The Hall–Kier alpha value is -1.46. The molecule has 0 radical (unpaired) electrons. The Morgan fingerprint density at radius 3 is 2.08 bits per heavy atom. The van der Waals surface area contributed by atoms with E-state index in [0.717, 1.165) is 14.3 Å². The number of anilines is 1. The predicted octanol–water partition coefficient (Wildman–Crippen LogP) is 7.16. The second kappa shape index (κ2) is 8.28. The third-order valence-corrected chi connectivity index (χ3v) is 5.43. The van der Waals surface area contributed by atoms with Crippen LogP contribution in [0.25, 0.3) is 0 Å². The number of amides is 1. The molecule has 3 aromatic rings. The van der Waals surface area contributed by atoms with Crippen molar-refractivity contribution < 1.29 is 4.79 Å². The molecule has 0 unspecified atom stereocenters. The molecule has 2 nitrogen and oxygen atoms in total. The largest absolute Gasteiger partial charge is 0.322 e. The summed E-state index contributed by atoms with van der Waals surface area (Å²) in [6.45, 7) is 0. The van der Waals surface area contributed by atoms with E-state index in [9.17, 15) is 4.79 Å². The number of hydrogen-bond acceptors (Lipinski definition) is 2. The average Bonchev–Trinajstić information content (AvgIpc) is 2.58. The second-order valence-electron chi connectivity index (χ2n) is 5.16. The summed E-state index contributed by atoms with van der Waals surface area (Å²) in [6.07, 6.45) is 0. The van der Waals surface area contributed by atoms with Crippen molar-refractivity contribution in [2.45, 2.75) is 9.79 Å². The lowest BCUT2D eigenvalue weighted by atomic mass is 10.2. The Morgan fingerprint density at radius 2 is 1.48 bits per heavy atom. The topological polar surface area (TPSA) is 29.1 Å².